The maximum atomic E-state index is 13.7. The van der Waals surface area contributed by atoms with E-state index in [0.717, 1.165) is 5.56 Å². The Morgan fingerprint density at radius 3 is 2.70 bits per heavy atom. The number of rotatable bonds is 3. The lowest BCUT2D eigenvalue weighted by molar-refractivity contribution is 0.102. The Labute approximate surface area is 116 Å². The zero-order valence-electron chi connectivity index (χ0n) is 11.2. The lowest BCUT2D eigenvalue weighted by Gasteiger charge is -2.10. The van der Waals surface area contributed by atoms with Gasteiger partial charge in [-0.1, -0.05) is 6.07 Å². The van der Waals surface area contributed by atoms with Crippen LogP contribution in [0.25, 0.3) is 0 Å². The third kappa shape index (κ3) is 2.88. The fraction of sp³-hybridized carbons (Fsp3) is 0.133. The normalized spacial score (nSPS) is 10.2. The van der Waals surface area contributed by atoms with Gasteiger partial charge >= 0.3 is 0 Å². The van der Waals surface area contributed by atoms with Crippen molar-refractivity contribution in [3.63, 3.8) is 0 Å². The second-order valence-electron chi connectivity index (χ2n) is 4.37. The van der Waals surface area contributed by atoms with Crippen LogP contribution >= 0.6 is 0 Å². The Bertz CT molecular complexity index is 656. The minimum absolute atomic E-state index is 0.0659. The molecule has 0 aromatic heterocycles. The van der Waals surface area contributed by atoms with Gasteiger partial charge in [-0.3, -0.25) is 4.79 Å². The van der Waals surface area contributed by atoms with Crippen LogP contribution in [0.5, 0.6) is 5.75 Å². The summed E-state index contributed by atoms with van der Waals surface area (Å²) < 4.78 is 18.7. The summed E-state index contributed by atoms with van der Waals surface area (Å²) in [5, 5.41) is 2.52. The highest BCUT2D eigenvalue weighted by Crippen LogP contribution is 2.22. The quantitative estimate of drug-likeness (QED) is 0.846. The predicted octanol–water partition coefficient (Wildman–Crippen LogP) is 2.98. The topological polar surface area (TPSA) is 64.3 Å². The first-order valence-electron chi connectivity index (χ1n) is 6.02. The van der Waals surface area contributed by atoms with Crippen LogP contribution in [0.2, 0.25) is 0 Å². The van der Waals surface area contributed by atoms with E-state index in [1.165, 1.54) is 25.3 Å². The maximum absolute atomic E-state index is 13.7. The number of nitrogen functional groups attached to an aromatic ring is 1. The molecule has 104 valence electrons. The van der Waals surface area contributed by atoms with Gasteiger partial charge in [0.1, 0.15) is 11.6 Å². The molecule has 0 spiro atoms. The molecule has 5 heteroatoms. The van der Waals surface area contributed by atoms with E-state index in [-0.39, 0.29) is 5.69 Å². The van der Waals surface area contributed by atoms with E-state index in [9.17, 15) is 9.18 Å². The van der Waals surface area contributed by atoms with Crippen LogP contribution in [0.3, 0.4) is 0 Å². The highest BCUT2D eigenvalue weighted by atomic mass is 19.1. The van der Waals surface area contributed by atoms with Crippen molar-refractivity contribution in [1.29, 1.82) is 0 Å². The maximum Gasteiger partial charge on any atom is 0.256 e. The predicted molar refractivity (Wildman–Crippen MR) is 76.5 cm³/mol. The van der Waals surface area contributed by atoms with Crippen molar-refractivity contribution < 1.29 is 13.9 Å². The third-order valence-corrected chi connectivity index (χ3v) is 2.93. The van der Waals surface area contributed by atoms with E-state index in [1.807, 2.05) is 0 Å². The van der Waals surface area contributed by atoms with Gasteiger partial charge in [-0.15, -0.1) is 0 Å². The number of hydrogen-bond donors (Lipinski definition) is 2. The molecule has 20 heavy (non-hydrogen) atoms. The number of carbonyl (C=O) groups is 1. The van der Waals surface area contributed by atoms with Crippen molar-refractivity contribution in [3.05, 3.63) is 53.3 Å². The van der Waals surface area contributed by atoms with Gasteiger partial charge in [-0.2, -0.15) is 0 Å². The highest BCUT2D eigenvalue weighted by molar-refractivity contribution is 6.05. The molecular formula is C15H15FN2O2. The van der Waals surface area contributed by atoms with E-state index in [0.29, 0.717) is 17.0 Å². The molecular weight excluding hydrogens is 259 g/mol. The molecule has 0 unspecified atom stereocenters. The molecule has 0 aliphatic rings. The number of halogens is 1. The molecule has 0 heterocycles. The SMILES string of the molecule is COc1ccc(F)c(NC(=O)c2cc(N)ccc2C)c1. The number of anilines is 2. The molecule has 0 atom stereocenters. The third-order valence-electron chi connectivity index (χ3n) is 2.93. The van der Waals surface area contributed by atoms with E-state index in [4.69, 9.17) is 10.5 Å². The average molecular weight is 274 g/mol. The van der Waals surface area contributed by atoms with Gasteiger partial charge in [0, 0.05) is 17.3 Å². The van der Waals surface area contributed by atoms with Gasteiger partial charge in [-0.05, 0) is 36.8 Å². The summed E-state index contributed by atoms with van der Waals surface area (Å²) in [5.41, 5.74) is 7.38. The molecule has 2 aromatic carbocycles. The van der Waals surface area contributed by atoms with Crippen molar-refractivity contribution in [2.45, 2.75) is 6.92 Å². The van der Waals surface area contributed by atoms with Crippen LogP contribution in [0.1, 0.15) is 15.9 Å². The van der Waals surface area contributed by atoms with Gasteiger partial charge in [0.2, 0.25) is 0 Å². The molecule has 0 saturated carbocycles. The number of methoxy groups -OCH3 is 1. The fourth-order valence-electron chi connectivity index (χ4n) is 1.80. The minimum atomic E-state index is -0.527. The van der Waals surface area contributed by atoms with Gasteiger partial charge < -0.3 is 15.8 Å². The van der Waals surface area contributed by atoms with E-state index in [2.05, 4.69) is 5.32 Å². The Morgan fingerprint density at radius 1 is 1.25 bits per heavy atom. The van der Waals surface area contributed by atoms with Crippen LogP contribution in [0.4, 0.5) is 15.8 Å². The van der Waals surface area contributed by atoms with Crippen LogP contribution in [0, 0.1) is 12.7 Å². The van der Waals surface area contributed by atoms with Crippen LogP contribution in [0.15, 0.2) is 36.4 Å². The summed E-state index contributed by atoms with van der Waals surface area (Å²) in [4.78, 5) is 12.2. The number of nitrogens with two attached hydrogens (primary N) is 1. The summed E-state index contributed by atoms with van der Waals surface area (Å²) in [5.74, 6) is -0.478. The van der Waals surface area contributed by atoms with Gasteiger partial charge in [-0.25, -0.2) is 4.39 Å². The van der Waals surface area contributed by atoms with Gasteiger partial charge in [0.25, 0.3) is 5.91 Å². The van der Waals surface area contributed by atoms with Crippen LogP contribution in [-0.4, -0.2) is 13.0 Å². The minimum Gasteiger partial charge on any atom is -0.497 e. The summed E-state index contributed by atoms with van der Waals surface area (Å²) in [6.45, 7) is 1.79. The first-order chi connectivity index (χ1) is 9.51. The Hall–Kier alpha value is -2.56. The number of hydrogen-bond acceptors (Lipinski definition) is 3. The number of ether oxygens (including phenoxy) is 1. The molecule has 2 aromatic rings. The molecule has 0 aliphatic heterocycles. The van der Waals surface area contributed by atoms with E-state index >= 15 is 0 Å². The Balaban J connectivity index is 2.30. The first-order valence-corrected chi connectivity index (χ1v) is 6.02. The number of carbonyl (C=O) groups excluding carboxylic acids is 1. The zero-order valence-corrected chi connectivity index (χ0v) is 11.2. The van der Waals surface area contributed by atoms with E-state index in [1.54, 1.807) is 25.1 Å². The molecule has 0 saturated heterocycles. The van der Waals surface area contributed by atoms with Gasteiger partial charge in [0.05, 0.1) is 12.8 Å². The first kappa shape index (κ1) is 13.9. The molecule has 3 N–H and O–H groups in total. The van der Waals surface area contributed by atoms with Gasteiger partial charge in [0.15, 0.2) is 0 Å². The monoisotopic (exact) mass is 274 g/mol. The molecule has 0 fully saturated rings. The molecule has 0 radical (unpaired) electrons. The largest absolute Gasteiger partial charge is 0.497 e. The number of nitrogens with one attached hydrogen (secondary N) is 1. The lowest BCUT2D eigenvalue weighted by atomic mass is 10.1. The zero-order chi connectivity index (χ0) is 14.7. The van der Waals surface area contributed by atoms with Crippen molar-refractivity contribution in [2.75, 3.05) is 18.2 Å². The second kappa shape index (κ2) is 5.61. The molecule has 4 nitrogen and oxygen atoms in total. The number of benzene rings is 2. The summed E-state index contributed by atoms with van der Waals surface area (Å²) in [7, 11) is 1.47. The summed E-state index contributed by atoms with van der Waals surface area (Å²) in [6, 6.07) is 9.15. The summed E-state index contributed by atoms with van der Waals surface area (Å²) in [6.07, 6.45) is 0. The Kier molecular flexibility index (Phi) is 3.89. The standard InChI is InChI=1S/C15H15FN2O2/c1-9-3-4-10(17)7-12(9)15(19)18-14-8-11(20-2)5-6-13(14)16/h3-8H,17H2,1-2H3,(H,18,19). The smallest absolute Gasteiger partial charge is 0.256 e. The summed E-state index contributed by atoms with van der Waals surface area (Å²) >= 11 is 0. The van der Waals surface area contributed by atoms with Crippen molar-refractivity contribution in [3.8, 4) is 5.75 Å². The number of aryl methyl sites for hydroxylation is 1. The second-order valence-corrected chi connectivity index (χ2v) is 4.37. The lowest BCUT2D eigenvalue weighted by Crippen LogP contribution is -2.14. The Morgan fingerprint density at radius 2 is 2.00 bits per heavy atom. The van der Waals surface area contributed by atoms with Crippen molar-refractivity contribution >= 4 is 17.3 Å². The molecule has 0 aliphatic carbocycles. The number of amides is 1. The molecule has 2 rings (SSSR count). The fourth-order valence-corrected chi connectivity index (χ4v) is 1.80. The van der Waals surface area contributed by atoms with Crippen molar-refractivity contribution in [1.82, 2.24) is 0 Å². The van der Waals surface area contributed by atoms with Crippen LogP contribution < -0.4 is 15.8 Å². The molecule has 1 amide bonds. The molecule has 0 bridgehead atoms. The average Bonchev–Trinajstić information content (AvgIpc) is 2.43. The van der Waals surface area contributed by atoms with Crippen LogP contribution in [-0.2, 0) is 0 Å². The van der Waals surface area contributed by atoms with Crippen molar-refractivity contribution in [2.24, 2.45) is 0 Å². The highest BCUT2D eigenvalue weighted by Gasteiger charge is 2.12. The van der Waals surface area contributed by atoms with E-state index < -0.39 is 11.7 Å².